The van der Waals surface area contributed by atoms with Crippen molar-refractivity contribution < 1.29 is 74.1 Å². The van der Waals surface area contributed by atoms with E-state index in [9.17, 15) is 40.5 Å². The third-order valence-electron chi connectivity index (χ3n) is 6.18. The Morgan fingerprint density at radius 3 is 1.91 bits per heavy atom. The lowest BCUT2D eigenvalue weighted by molar-refractivity contribution is -0.337. The molecule has 2 aliphatic heterocycles. The van der Waals surface area contributed by atoms with Crippen LogP contribution < -0.4 is 0 Å². The van der Waals surface area contributed by atoms with E-state index < -0.39 is 98.4 Å². The summed E-state index contributed by atoms with van der Waals surface area (Å²) in [6, 6.07) is 0. The summed E-state index contributed by atoms with van der Waals surface area (Å²) in [6.07, 6.45) is -20.9. The molecule has 35 heavy (non-hydrogen) atoms. The minimum Gasteiger partial charge on any atom is -0.479 e. The lowest BCUT2D eigenvalue weighted by Crippen LogP contribution is -2.62. The van der Waals surface area contributed by atoms with Gasteiger partial charge in [-0.3, -0.25) is 0 Å². The van der Waals surface area contributed by atoms with Gasteiger partial charge in [-0.1, -0.05) is 0 Å². The standard InChI is InChI=1S/C20H36O15/c1-6(30-3)9(21)16(31-4)7(2)33-20-15(27)11(23)10(22)8(34-20)5-32-19-14(26)12(24)13(25)17(35-19)18(28)29/h6-17,19-27H,5H2,1-4H3,(H,28,29)/t6?,7-,8?,9+,10-,11?,12?,13+,14+,15?,16?,17?,19+,20+/m1/s1. The largest absolute Gasteiger partial charge is 0.479 e. The van der Waals surface area contributed by atoms with Gasteiger partial charge < -0.3 is 69.3 Å². The Balaban J connectivity index is 2.06. The van der Waals surface area contributed by atoms with Gasteiger partial charge >= 0.3 is 5.97 Å². The van der Waals surface area contributed by atoms with Gasteiger partial charge in [0.25, 0.3) is 0 Å². The smallest absolute Gasteiger partial charge is 0.335 e. The van der Waals surface area contributed by atoms with Gasteiger partial charge in [0, 0.05) is 14.2 Å². The highest BCUT2D eigenvalue weighted by Gasteiger charge is 2.49. The summed E-state index contributed by atoms with van der Waals surface area (Å²) in [4.78, 5) is 11.2. The molecule has 2 aliphatic rings. The van der Waals surface area contributed by atoms with Crippen molar-refractivity contribution in [3.05, 3.63) is 0 Å². The molecule has 0 aromatic heterocycles. The van der Waals surface area contributed by atoms with E-state index in [2.05, 4.69) is 0 Å². The Kier molecular flexibility index (Phi) is 11.2. The molecular weight excluding hydrogens is 480 g/mol. The van der Waals surface area contributed by atoms with Crippen LogP contribution in [0.3, 0.4) is 0 Å². The van der Waals surface area contributed by atoms with Crippen LogP contribution in [0.15, 0.2) is 0 Å². The van der Waals surface area contributed by atoms with Crippen molar-refractivity contribution in [1.29, 1.82) is 0 Å². The number of hydrogen-bond acceptors (Lipinski definition) is 14. The van der Waals surface area contributed by atoms with Crippen molar-refractivity contribution in [1.82, 2.24) is 0 Å². The van der Waals surface area contributed by atoms with Crippen LogP contribution in [0.5, 0.6) is 0 Å². The number of aliphatic carboxylic acids is 1. The number of methoxy groups -OCH3 is 2. The Bertz CT molecular complexity index is 666. The monoisotopic (exact) mass is 516 g/mol. The number of aliphatic hydroxyl groups excluding tert-OH is 7. The van der Waals surface area contributed by atoms with Gasteiger partial charge in [0.2, 0.25) is 0 Å². The first-order valence-electron chi connectivity index (χ1n) is 11.0. The Morgan fingerprint density at radius 1 is 0.800 bits per heavy atom. The maximum Gasteiger partial charge on any atom is 0.335 e. The predicted octanol–water partition coefficient (Wildman–Crippen LogP) is -4.48. The first-order valence-corrected chi connectivity index (χ1v) is 11.0. The van der Waals surface area contributed by atoms with E-state index in [4.69, 9.17) is 33.5 Å². The minimum absolute atomic E-state index is 0.604. The van der Waals surface area contributed by atoms with E-state index in [-0.39, 0.29) is 0 Å². The van der Waals surface area contributed by atoms with Gasteiger partial charge in [-0.2, -0.15) is 0 Å². The zero-order valence-corrected chi connectivity index (χ0v) is 19.7. The summed E-state index contributed by atoms with van der Waals surface area (Å²) < 4.78 is 31.8. The molecule has 0 aromatic carbocycles. The van der Waals surface area contributed by atoms with Gasteiger partial charge in [0.15, 0.2) is 18.7 Å². The highest BCUT2D eigenvalue weighted by atomic mass is 16.7. The van der Waals surface area contributed by atoms with Crippen molar-refractivity contribution in [2.75, 3.05) is 20.8 Å². The number of hydrogen-bond donors (Lipinski definition) is 8. The van der Waals surface area contributed by atoms with Gasteiger partial charge in [-0.05, 0) is 13.8 Å². The fourth-order valence-corrected chi connectivity index (χ4v) is 3.85. The number of carbonyl (C=O) groups is 1. The average Bonchev–Trinajstić information content (AvgIpc) is 2.82. The highest BCUT2D eigenvalue weighted by molar-refractivity contribution is 5.73. The zero-order chi connectivity index (χ0) is 26.6. The number of ether oxygens (including phenoxy) is 6. The lowest BCUT2D eigenvalue weighted by atomic mass is 9.98. The Hall–Kier alpha value is -1.05. The minimum atomic E-state index is -1.92. The van der Waals surface area contributed by atoms with E-state index in [0.717, 1.165) is 0 Å². The second-order valence-electron chi connectivity index (χ2n) is 8.56. The number of rotatable bonds is 11. The van der Waals surface area contributed by atoms with Crippen LogP contribution in [0.4, 0.5) is 0 Å². The van der Waals surface area contributed by atoms with E-state index >= 15 is 0 Å². The molecule has 0 radical (unpaired) electrons. The predicted molar refractivity (Wildman–Crippen MR) is 111 cm³/mol. The molecule has 0 bridgehead atoms. The Labute approximate surface area is 201 Å². The van der Waals surface area contributed by atoms with Crippen molar-refractivity contribution >= 4 is 5.97 Å². The SMILES string of the molecule is COC(C)[C@H](O)C(OC)[C@@H](C)O[C@H]1OC(CO[C@H]2OC(C(=O)O)[C@@H](O)C(O)[C@@H]2O)[C@@H](O)C(O)C1O. The summed E-state index contributed by atoms with van der Waals surface area (Å²) in [7, 11) is 2.72. The van der Waals surface area contributed by atoms with Crippen LogP contribution in [0.1, 0.15) is 13.8 Å². The molecular formula is C20H36O15. The van der Waals surface area contributed by atoms with E-state index in [1.54, 1.807) is 6.92 Å². The summed E-state index contributed by atoms with van der Waals surface area (Å²) in [6.45, 7) is 2.52. The third-order valence-corrected chi connectivity index (χ3v) is 6.18. The van der Waals surface area contributed by atoms with Gasteiger partial charge in [-0.15, -0.1) is 0 Å². The highest BCUT2D eigenvalue weighted by Crippen LogP contribution is 2.27. The van der Waals surface area contributed by atoms with E-state index in [1.165, 1.54) is 21.1 Å². The van der Waals surface area contributed by atoms with Crippen LogP contribution >= 0.6 is 0 Å². The molecule has 0 spiro atoms. The molecule has 15 nitrogen and oxygen atoms in total. The van der Waals surface area contributed by atoms with Crippen LogP contribution in [-0.2, 0) is 33.2 Å². The van der Waals surface area contributed by atoms with Gasteiger partial charge in [0.1, 0.15) is 54.9 Å². The second kappa shape index (κ2) is 13.0. The van der Waals surface area contributed by atoms with Gasteiger partial charge in [-0.25, -0.2) is 4.79 Å². The molecule has 2 rings (SSSR count). The van der Waals surface area contributed by atoms with E-state index in [1.807, 2.05) is 0 Å². The first-order chi connectivity index (χ1) is 16.3. The van der Waals surface area contributed by atoms with Crippen LogP contribution in [0, 0.1) is 0 Å². The lowest BCUT2D eigenvalue weighted by Gasteiger charge is -2.43. The number of carboxylic acids is 1. The molecule has 206 valence electrons. The molecule has 15 heteroatoms. The summed E-state index contributed by atoms with van der Waals surface area (Å²) in [5.41, 5.74) is 0. The third kappa shape index (κ3) is 6.84. The van der Waals surface area contributed by atoms with Crippen LogP contribution in [-0.4, -0.2) is 153 Å². The second-order valence-corrected chi connectivity index (χ2v) is 8.56. The van der Waals surface area contributed by atoms with Crippen molar-refractivity contribution in [2.24, 2.45) is 0 Å². The normalized spacial score (nSPS) is 41.7. The molecule has 2 fully saturated rings. The molecule has 14 atom stereocenters. The fourth-order valence-electron chi connectivity index (χ4n) is 3.85. The van der Waals surface area contributed by atoms with Crippen molar-refractivity contribution in [3.63, 3.8) is 0 Å². The molecule has 8 N–H and O–H groups in total. The molecule has 7 unspecified atom stereocenters. The topological polar surface area (TPSA) is 234 Å². The first kappa shape index (κ1) is 30.2. The quantitative estimate of drug-likeness (QED) is 0.129. The van der Waals surface area contributed by atoms with Crippen molar-refractivity contribution in [3.8, 4) is 0 Å². The maximum atomic E-state index is 11.2. The maximum absolute atomic E-state index is 11.2. The summed E-state index contributed by atoms with van der Waals surface area (Å²) in [5, 5.41) is 80.1. The molecule has 2 saturated heterocycles. The molecule has 0 saturated carbocycles. The number of carboxylic acid groups (broad SMARTS) is 1. The summed E-state index contributed by atoms with van der Waals surface area (Å²) >= 11 is 0. The van der Waals surface area contributed by atoms with Crippen LogP contribution in [0.25, 0.3) is 0 Å². The molecule has 2 heterocycles. The summed E-state index contributed by atoms with van der Waals surface area (Å²) in [5.74, 6) is -1.61. The van der Waals surface area contributed by atoms with Crippen LogP contribution in [0.2, 0.25) is 0 Å². The van der Waals surface area contributed by atoms with E-state index in [0.29, 0.717) is 0 Å². The van der Waals surface area contributed by atoms with Gasteiger partial charge in [0.05, 0.1) is 18.8 Å². The van der Waals surface area contributed by atoms with Crippen molar-refractivity contribution in [2.45, 2.75) is 99.7 Å². The molecule has 0 aromatic rings. The Morgan fingerprint density at radius 2 is 1.37 bits per heavy atom. The molecule has 0 amide bonds. The zero-order valence-electron chi connectivity index (χ0n) is 19.7. The number of aliphatic hydroxyl groups is 7. The molecule has 0 aliphatic carbocycles. The average molecular weight is 516 g/mol. The fraction of sp³-hybridized carbons (Fsp3) is 0.950.